The van der Waals surface area contributed by atoms with Crippen molar-refractivity contribution in [3.8, 4) is 0 Å². The molecule has 0 atom stereocenters. The van der Waals surface area contributed by atoms with Gasteiger partial charge in [-0.15, -0.1) is 12.4 Å². The number of hydrogen-bond acceptors (Lipinski definition) is 1. The van der Waals surface area contributed by atoms with Gasteiger partial charge in [-0.05, 0) is 6.42 Å². The summed E-state index contributed by atoms with van der Waals surface area (Å²) in [6, 6.07) is 0. The van der Waals surface area contributed by atoms with Crippen LogP contribution in [-0.4, -0.2) is 11.1 Å². The minimum atomic E-state index is -0.659. The molecule has 0 amide bonds. The Kier molecular flexibility index (Phi) is 24.9. The van der Waals surface area contributed by atoms with Crippen LogP contribution >= 0.6 is 12.4 Å². The molecule has 0 bridgehead atoms. The summed E-state index contributed by atoms with van der Waals surface area (Å²) < 4.78 is 0. The third-order valence-electron chi connectivity index (χ3n) is 2.49. The Balaban J connectivity index is -0.000000282. The van der Waals surface area contributed by atoms with E-state index in [9.17, 15) is 4.79 Å². The van der Waals surface area contributed by atoms with Crippen molar-refractivity contribution in [2.75, 3.05) is 0 Å². The molecule has 0 heterocycles. The molecule has 0 radical (unpaired) electrons. The van der Waals surface area contributed by atoms with Crippen molar-refractivity contribution >= 4 is 18.4 Å². The number of hydrogen-bond donors (Lipinski definition) is 1. The molecule has 0 aromatic heterocycles. The number of carbonyl (C=O) groups is 1. The summed E-state index contributed by atoms with van der Waals surface area (Å²) >= 11 is 0. The molecule has 0 aliphatic rings. The van der Waals surface area contributed by atoms with Crippen LogP contribution in [0.15, 0.2) is 0 Å². The minimum Gasteiger partial charge on any atom is -1.00 e. The van der Waals surface area contributed by atoms with Crippen LogP contribution in [-0.2, 0) is 4.79 Å². The standard InChI is InChI=1S/C12H24O2.ClH.Na.H/c1-2-3-4-5-6-7-8-9-10-11-12(13)14;;;/h2-11H2,1H3,(H,13,14);1H;;/q;;+1;-1. The molecule has 0 aliphatic heterocycles. The number of unbranched alkanes of at least 4 members (excludes halogenated alkanes) is 8. The van der Waals surface area contributed by atoms with Gasteiger partial charge in [-0.3, -0.25) is 4.79 Å². The molecular formula is C12H26ClNaO2. The second-order valence-electron chi connectivity index (χ2n) is 3.97. The second-order valence-corrected chi connectivity index (χ2v) is 3.97. The Morgan fingerprint density at radius 2 is 1.31 bits per heavy atom. The molecule has 2 nitrogen and oxygen atoms in total. The summed E-state index contributed by atoms with van der Waals surface area (Å²) in [5, 5.41) is 8.41. The van der Waals surface area contributed by atoms with Crippen LogP contribution in [0.3, 0.4) is 0 Å². The van der Waals surface area contributed by atoms with E-state index in [1.54, 1.807) is 0 Å². The van der Waals surface area contributed by atoms with Gasteiger partial charge in [0.1, 0.15) is 0 Å². The fourth-order valence-corrected chi connectivity index (χ4v) is 1.59. The molecule has 0 aromatic carbocycles. The molecule has 0 saturated carbocycles. The number of carboxylic acid groups (broad SMARTS) is 1. The van der Waals surface area contributed by atoms with Gasteiger partial charge in [-0.25, -0.2) is 0 Å². The van der Waals surface area contributed by atoms with E-state index in [1.807, 2.05) is 0 Å². The Morgan fingerprint density at radius 1 is 0.938 bits per heavy atom. The summed E-state index contributed by atoms with van der Waals surface area (Å²) in [4.78, 5) is 10.2. The molecule has 0 saturated heterocycles. The van der Waals surface area contributed by atoms with Crippen LogP contribution in [0.1, 0.15) is 72.6 Å². The van der Waals surface area contributed by atoms with Gasteiger partial charge >= 0.3 is 35.5 Å². The SMILES string of the molecule is CCCCCCCCCCCC(=O)O.Cl.[H-].[Na+]. The minimum absolute atomic E-state index is 0. The number of carboxylic acids is 1. The van der Waals surface area contributed by atoms with Crippen molar-refractivity contribution < 1.29 is 40.9 Å². The van der Waals surface area contributed by atoms with E-state index in [-0.39, 0.29) is 43.4 Å². The molecule has 0 aromatic rings. The van der Waals surface area contributed by atoms with Crippen LogP contribution in [0.25, 0.3) is 0 Å². The summed E-state index contributed by atoms with van der Waals surface area (Å²) in [6.45, 7) is 2.23. The van der Waals surface area contributed by atoms with Crippen molar-refractivity contribution in [3.63, 3.8) is 0 Å². The Labute approximate surface area is 130 Å². The zero-order valence-corrected chi connectivity index (χ0v) is 13.7. The normalized spacial score (nSPS) is 9.06. The quantitative estimate of drug-likeness (QED) is 0.478. The van der Waals surface area contributed by atoms with Crippen LogP contribution in [0.2, 0.25) is 0 Å². The van der Waals surface area contributed by atoms with E-state index in [0.717, 1.165) is 12.8 Å². The predicted octanol–water partition coefficient (Wildman–Crippen LogP) is 1.53. The zero-order valence-electron chi connectivity index (χ0n) is 11.8. The van der Waals surface area contributed by atoms with Crippen LogP contribution < -0.4 is 29.6 Å². The van der Waals surface area contributed by atoms with Gasteiger partial charge in [0, 0.05) is 6.42 Å². The molecular weight excluding hydrogens is 235 g/mol. The average molecular weight is 261 g/mol. The smallest absolute Gasteiger partial charge is 1.00 e. The van der Waals surface area contributed by atoms with E-state index in [0.29, 0.717) is 6.42 Å². The van der Waals surface area contributed by atoms with Gasteiger partial charge in [0.2, 0.25) is 0 Å². The van der Waals surface area contributed by atoms with Gasteiger partial charge in [-0.2, -0.15) is 0 Å². The van der Waals surface area contributed by atoms with E-state index in [2.05, 4.69) is 6.92 Å². The maximum atomic E-state index is 10.2. The van der Waals surface area contributed by atoms with Crippen molar-refractivity contribution in [1.82, 2.24) is 0 Å². The Morgan fingerprint density at radius 3 is 1.69 bits per heavy atom. The van der Waals surface area contributed by atoms with Crippen LogP contribution in [0.4, 0.5) is 0 Å². The molecule has 94 valence electrons. The van der Waals surface area contributed by atoms with E-state index in [4.69, 9.17) is 5.11 Å². The van der Waals surface area contributed by atoms with E-state index >= 15 is 0 Å². The Hall–Kier alpha value is 0.760. The number of halogens is 1. The molecule has 0 spiro atoms. The first kappa shape index (κ1) is 22.0. The molecule has 0 aliphatic carbocycles. The second kappa shape index (κ2) is 18.1. The molecule has 16 heavy (non-hydrogen) atoms. The fourth-order valence-electron chi connectivity index (χ4n) is 1.59. The summed E-state index contributed by atoms with van der Waals surface area (Å²) in [5.74, 6) is -0.659. The Bertz CT molecular complexity index is 148. The molecule has 0 rings (SSSR count). The fraction of sp³-hybridized carbons (Fsp3) is 0.917. The third-order valence-corrected chi connectivity index (χ3v) is 2.49. The monoisotopic (exact) mass is 260 g/mol. The van der Waals surface area contributed by atoms with Gasteiger partial charge in [0.15, 0.2) is 0 Å². The summed E-state index contributed by atoms with van der Waals surface area (Å²) in [7, 11) is 0. The van der Waals surface area contributed by atoms with Crippen LogP contribution in [0, 0.1) is 0 Å². The first-order valence-electron chi connectivity index (χ1n) is 5.99. The number of aliphatic carboxylic acids is 1. The largest absolute Gasteiger partial charge is 1.00 e. The van der Waals surface area contributed by atoms with Gasteiger partial charge < -0.3 is 6.53 Å². The topological polar surface area (TPSA) is 37.3 Å². The maximum absolute atomic E-state index is 10.2. The van der Waals surface area contributed by atoms with Crippen molar-refractivity contribution in [1.29, 1.82) is 0 Å². The van der Waals surface area contributed by atoms with Gasteiger partial charge in [-0.1, -0.05) is 58.3 Å². The summed E-state index contributed by atoms with van der Waals surface area (Å²) in [6.07, 6.45) is 11.5. The first-order chi connectivity index (χ1) is 6.77. The maximum Gasteiger partial charge on any atom is 1.00 e. The molecule has 0 fully saturated rings. The van der Waals surface area contributed by atoms with Crippen molar-refractivity contribution in [3.05, 3.63) is 0 Å². The van der Waals surface area contributed by atoms with Gasteiger partial charge in [0.25, 0.3) is 0 Å². The number of rotatable bonds is 10. The molecule has 4 heteroatoms. The zero-order chi connectivity index (χ0) is 10.6. The van der Waals surface area contributed by atoms with Gasteiger partial charge in [0.05, 0.1) is 0 Å². The van der Waals surface area contributed by atoms with Crippen LogP contribution in [0.5, 0.6) is 0 Å². The molecule has 0 unspecified atom stereocenters. The average Bonchev–Trinajstić information content (AvgIpc) is 2.15. The van der Waals surface area contributed by atoms with Crippen molar-refractivity contribution in [2.45, 2.75) is 71.1 Å². The predicted molar refractivity (Wildman–Crippen MR) is 67.8 cm³/mol. The van der Waals surface area contributed by atoms with E-state index < -0.39 is 5.97 Å². The first-order valence-corrected chi connectivity index (χ1v) is 5.99. The van der Waals surface area contributed by atoms with E-state index in [1.165, 1.54) is 44.9 Å². The molecule has 1 N–H and O–H groups in total. The van der Waals surface area contributed by atoms with Crippen molar-refractivity contribution in [2.24, 2.45) is 0 Å². The summed E-state index contributed by atoms with van der Waals surface area (Å²) in [5.41, 5.74) is 0. The third kappa shape index (κ3) is 20.2.